The van der Waals surface area contributed by atoms with Gasteiger partial charge in [0.15, 0.2) is 18.0 Å². The Hall–Kier alpha value is -2.73. The average molecular weight is 374 g/mol. The predicted molar refractivity (Wildman–Crippen MR) is 100 cm³/mol. The van der Waals surface area contributed by atoms with Crippen LogP contribution in [-0.4, -0.2) is 35.1 Å². The second-order valence-electron chi connectivity index (χ2n) is 5.59. The molecule has 0 saturated carbocycles. The molecule has 0 spiro atoms. The number of hydrogen-bond acceptors (Lipinski definition) is 4. The zero-order valence-corrected chi connectivity index (χ0v) is 15.2. The number of carbonyl (C=O) groups is 1. The van der Waals surface area contributed by atoms with Crippen molar-refractivity contribution in [2.45, 2.75) is 13.3 Å². The fourth-order valence-corrected chi connectivity index (χ4v) is 2.70. The van der Waals surface area contributed by atoms with Crippen LogP contribution in [0.4, 0.5) is 0 Å². The van der Waals surface area contributed by atoms with Crippen LogP contribution >= 0.6 is 11.6 Å². The Kier molecular flexibility index (Phi) is 5.96. The van der Waals surface area contributed by atoms with Crippen molar-refractivity contribution in [3.8, 4) is 11.5 Å². The van der Waals surface area contributed by atoms with E-state index < -0.39 is 0 Å². The molecule has 6 nitrogen and oxygen atoms in total. The number of nitrogens with zero attached hydrogens (tertiary/aromatic N) is 2. The maximum Gasteiger partial charge on any atom is 0.257 e. The third-order valence-electron chi connectivity index (χ3n) is 3.70. The number of pyridine rings is 1. The molecule has 0 atom stereocenters. The molecule has 3 rings (SSSR count). The summed E-state index contributed by atoms with van der Waals surface area (Å²) < 4.78 is 12.9. The third kappa shape index (κ3) is 4.46. The van der Waals surface area contributed by atoms with E-state index >= 15 is 0 Å². The molecule has 2 heterocycles. The largest absolute Gasteiger partial charge is 0.490 e. The summed E-state index contributed by atoms with van der Waals surface area (Å²) in [5.74, 6) is 1.04. The SMILES string of the molecule is CCOc1cccn2cc(CCNC(=O)COc3ccccc3Cl)nc12. The third-order valence-corrected chi connectivity index (χ3v) is 4.01. The van der Waals surface area contributed by atoms with E-state index in [4.69, 9.17) is 21.1 Å². The van der Waals surface area contributed by atoms with Crippen molar-refractivity contribution in [2.24, 2.45) is 0 Å². The molecule has 0 aliphatic heterocycles. The Morgan fingerprint density at radius 1 is 1.19 bits per heavy atom. The predicted octanol–water partition coefficient (Wildman–Crippen LogP) is 3.12. The minimum atomic E-state index is -0.205. The average Bonchev–Trinajstić information content (AvgIpc) is 3.05. The number of halogens is 1. The highest BCUT2D eigenvalue weighted by atomic mass is 35.5. The van der Waals surface area contributed by atoms with Gasteiger partial charge in [0, 0.05) is 25.4 Å². The first-order chi connectivity index (χ1) is 12.7. The number of carbonyl (C=O) groups excluding carboxylic acids is 1. The number of imidazole rings is 1. The molecule has 1 aromatic carbocycles. The number of nitrogens with one attached hydrogen (secondary N) is 1. The van der Waals surface area contributed by atoms with Gasteiger partial charge in [-0.2, -0.15) is 0 Å². The summed E-state index contributed by atoms with van der Waals surface area (Å²) in [6.07, 6.45) is 4.47. The van der Waals surface area contributed by atoms with Crippen LogP contribution in [0.25, 0.3) is 5.65 Å². The summed E-state index contributed by atoms with van der Waals surface area (Å²) in [7, 11) is 0. The molecular formula is C19H20ClN3O3. The van der Waals surface area contributed by atoms with Crippen LogP contribution in [0.1, 0.15) is 12.6 Å². The van der Waals surface area contributed by atoms with Crippen molar-refractivity contribution in [1.82, 2.24) is 14.7 Å². The minimum absolute atomic E-state index is 0.0800. The molecule has 2 aromatic heterocycles. The quantitative estimate of drug-likeness (QED) is 0.659. The van der Waals surface area contributed by atoms with Crippen molar-refractivity contribution in [2.75, 3.05) is 19.8 Å². The summed E-state index contributed by atoms with van der Waals surface area (Å²) in [6, 6.07) is 10.9. The summed E-state index contributed by atoms with van der Waals surface area (Å²) in [4.78, 5) is 16.5. The number of ether oxygens (including phenoxy) is 2. The van der Waals surface area contributed by atoms with Gasteiger partial charge in [-0.05, 0) is 31.2 Å². The van der Waals surface area contributed by atoms with E-state index in [0.717, 1.165) is 17.1 Å². The maximum absolute atomic E-state index is 11.9. The first-order valence-electron chi connectivity index (χ1n) is 8.41. The minimum Gasteiger partial charge on any atom is -0.490 e. The summed E-state index contributed by atoms with van der Waals surface area (Å²) >= 11 is 5.99. The van der Waals surface area contributed by atoms with E-state index in [1.54, 1.807) is 24.3 Å². The normalized spacial score (nSPS) is 10.7. The Labute approximate surface area is 156 Å². The number of aromatic nitrogens is 2. The highest BCUT2D eigenvalue weighted by molar-refractivity contribution is 6.32. The van der Waals surface area contributed by atoms with Crippen molar-refractivity contribution in [1.29, 1.82) is 0 Å². The lowest BCUT2D eigenvalue weighted by Gasteiger charge is -2.08. The van der Waals surface area contributed by atoms with Crippen molar-refractivity contribution >= 4 is 23.2 Å². The van der Waals surface area contributed by atoms with Gasteiger partial charge >= 0.3 is 0 Å². The molecule has 0 saturated heterocycles. The van der Waals surface area contributed by atoms with Gasteiger partial charge in [0.25, 0.3) is 5.91 Å². The van der Waals surface area contributed by atoms with E-state index in [2.05, 4.69) is 10.3 Å². The first kappa shape index (κ1) is 18.1. The molecule has 1 N–H and O–H groups in total. The van der Waals surface area contributed by atoms with Gasteiger partial charge in [-0.1, -0.05) is 23.7 Å². The topological polar surface area (TPSA) is 64.9 Å². The number of rotatable bonds is 8. The molecule has 0 unspecified atom stereocenters. The molecule has 0 radical (unpaired) electrons. The molecule has 7 heteroatoms. The second-order valence-corrected chi connectivity index (χ2v) is 5.99. The van der Waals surface area contributed by atoms with Gasteiger partial charge in [0.1, 0.15) is 5.75 Å². The fraction of sp³-hybridized carbons (Fsp3) is 0.263. The van der Waals surface area contributed by atoms with E-state index in [9.17, 15) is 4.79 Å². The Balaban J connectivity index is 1.50. The first-order valence-corrected chi connectivity index (χ1v) is 8.78. The van der Waals surface area contributed by atoms with Crippen LogP contribution < -0.4 is 14.8 Å². The molecule has 0 fully saturated rings. The number of amides is 1. The smallest absolute Gasteiger partial charge is 0.257 e. The maximum atomic E-state index is 11.9. The van der Waals surface area contributed by atoms with Gasteiger partial charge in [0.2, 0.25) is 0 Å². The molecule has 0 bridgehead atoms. The summed E-state index contributed by atoms with van der Waals surface area (Å²) in [6.45, 7) is 2.92. The lowest BCUT2D eigenvalue weighted by molar-refractivity contribution is -0.123. The van der Waals surface area contributed by atoms with Gasteiger partial charge < -0.3 is 19.2 Å². The van der Waals surface area contributed by atoms with Gasteiger partial charge in [-0.3, -0.25) is 4.79 Å². The van der Waals surface area contributed by atoms with Crippen LogP contribution in [-0.2, 0) is 11.2 Å². The molecular weight excluding hydrogens is 354 g/mol. The molecule has 136 valence electrons. The van der Waals surface area contributed by atoms with Gasteiger partial charge in [-0.25, -0.2) is 4.98 Å². The highest BCUT2D eigenvalue weighted by Gasteiger charge is 2.08. The second kappa shape index (κ2) is 8.58. The molecule has 0 aliphatic rings. The molecule has 0 aliphatic carbocycles. The van der Waals surface area contributed by atoms with Gasteiger partial charge in [-0.15, -0.1) is 0 Å². The standard InChI is InChI=1S/C19H20ClN3O3/c1-2-25-17-8-5-11-23-12-14(22-19(17)23)9-10-21-18(24)13-26-16-7-4-3-6-15(16)20/h3-8,11-12H,2,9-10,13H2,1H3,(H,21,24). The fourth-order valence-electron chi connectivity index (χ4n) is 2.51. The molecule has 1 amide bonds. The van der Waals surface area contributed by atoms with Crippen LogP contribution in [0.5, 0.6) is 11.5 Å². The van der Waals surface area contributed by atoms with Crippen LogP contribution in [0.2, 0.25) is 5.02 Å². The Bertz CT molecular complexity index is 895. The van der Waals surface area contributed by atoms with Crippen LogP contribution in [0.3, 0.4) is 0 Å². The zero-order valence-electron chi connectivity index (χ0n) is 14.4. The lowest BCUT2D eigenvalue weighted by Crippen LogP contribution is -2.30. The van der Waals surface area contributed by atoms with Gasteiger partial charge in [0.05, 0.1) is 17.3 Å². The summed E-state index contributed by atoms with van der Waals surface area (Å²) in [5.41, 5.74) is 1.65. The Morgan fingerprint density at radius 3 is 2.81 bits per heavy atom. The summed E-state index contributed by atoms with van der Waals surface area (Å²) in [5, 5.41) is 3.30. The number of hydrogen-bond donors (Lipinski definition) is 1. The van der Waals surface area contributed by atoms with E-state index in [0.29, 0.717) is 30.3 Å². The van der Waals surface area contributed by atoms with Crippen molar-refractivity contribution in [3.63, 3.8) is 0 Å². The highest BCUT2D eigenvalue weighted by Crippen LogP contribution is 2.22. The van der Waals surface area contributed by atoms with Crippen molar-refractivity contribution < 1.29 is 14.3 Å². The number of para-hydroxylation sites is 1. The Morgan fingerprint density at radius 2 is 2.00 bits per heavy atom. The van der Waals surface area contributed by atoms with Crippen molar-refractivity contribution in [3.05, 3.63) is 59.5 Å². The zero-order chi connectivity index (χ0) is 18.4. The number of fused-ring (bicyclic) bond motifs is 1. The van der Waals surface area contributed by atoms with Crippen LogP contribution in [0, 0.1) is 0 Å². The van der Waals surface area contributed by atoms with E-state index in [-0.39, 0.29) is 12.5 Å². The molecule has 3 aromatic rings. The van der Waals surface area contributed by atoms with Crippen LogP contribution in [0.15, 0.2) is 48.8 Å². The number of benzene rings is 1. The molecule has 26 heavy (non-hydrogen) atoms. The lowest BCUT2D eigenvalue weighted by atomic mass is 10.3. The van der Waals surface area contributed by atoms with E-state index in [1.807, 2.05) is 35.9 Å². The van der Waals surface area contributed by atoms with E-state index in [1.165, 1.54) is 0 Å². The monoisotopic (exact) mass is 373 g/mol.